The van der Waals surface area contributed by atoms with Crippen LogP contribution in [-0.4, -0.2) is 87.8 Å². The number of ether oxygens (including phenoxy) is 1. The van der Waals surface area contributed by atoms with E-state index in [2.05, 4.69) is 26.9 Å². The normalized spacial score (nSPS) is 25.7. The number of hydrogen-bond donors (Lipinski definition) is 1. The molecular weight excluding hydrogens is 478 g/mol. The van der Waals surface area contributed by atoms with Crippen LogP contribution in [0.2, 0.25) is 0 Å². The van der Waals surface area contributed by atoms with Crippen LogP contribution in [0.15, 0.2) is 0 Å². The molecule has 1 aromatic rings. The number of amides is 2. The lowest BCUT2D eigenvalue weighted by Crippen LogP contribution is -2.61. The Bertz CT molecular complexity index is 936. The second-order valence-electron chi connectivity index (χ2n) is 12.5. The Balaban J connectivity index is 1.16. The molecule has 1 unspecified atom stereocenters. The highest BCUT2D eigenvalue weighted by Gasteiger charge is 2.50. The number of hydrogen-bond acceptors (Lipinski definition) is 5. The number of aryl methyl sites for hydroxylation is 2. The molecule has 2 amide bonds. The Labute approximate surface area is 228 Å². The van der Waals surface area contributed by atoms with E-state index < -0.39 is 0 Å². The van der Waals surface area contributed by atoms with Crippen LogP contribution in [0.1, 0.15) is 106 Å². The fourth-order valence-electron chi connectivity index (χ4n) is 7.70. The third kappa shape index (κ3) is 5.75. The molecule has 1 aliphatic carbocycles. The first kappa shape index (κ1) is 27.5. The first-order chi connectivity index (χ1) is 18.4. The minimum atomic E-state index is -0.293. The third-order valence-corrected chi connectivity index (χ3v) is 10.1. The Morgan fingerprint density at radius 1 is 1.05 bits per heavy atom. The average Bonchev–Trinajstić information content (AvgIpc) is 3.28. The topological polar surface area (TPSA) is 81.8 Å². The largest absolute Gasteiger partial charge is 0.442 e. The number of piperidine rings is 2. The van der Waals surface area contributed by atoms with Gasteiger partial charge in [-0.25, -0.2) is 4.79 Å². The number of nitrogens with one attached hydrogen (secondary N) is 1. The standard InChI is InChI=1S/C30H49N5O3/c1-4-5-11-25-21-35(20-24-9-7-6-8-10-24)29(37)38-30(25)14-18-33(19-15-30)26-12-16-34(17-13-26)28(36)27-22(2)31-32-23(27)3/h24-26H,4-21H2,1-3H3,(H,31,32). The number of unbranched alkanes of at least 4 members (excludes halogenated alkanes) is 1. The second-order valence-corrected chi connectivity index (χ2v) is 12.5. The molecule has 5 rings (SSSR count). The summed E-state index contributed by atoms with van der Waals surface area (Å²) in [5, 5.41) is 7.15. The molecule has 38 heavy (non-hydrogen) atoms. The first-order valence-electron chi connectivity index (χ1n) is 15.4. The van der Waals surface area contributed by atoms with Crippen LogP contribution < -0.4 is 0 Å². The van der Waals surface area contributed by atoms with E-state index in [4.69, 9.17) is 4.74 Å². The molecule has 1 aromatic heterocycles. The Morgan fingerprint density at radius 3 is 2.39 bits per heavy atom. The molecule has 1 N–H and O–H groups in total. The van der Waals surface area contributed by atoms with Gasteiger partial charge in [-0.2, -0.15) is 5.10 Å². The average molecular weight is 528 g/mol. The molecule has 212 valence electrons. The molecule has 4 aliphatic rings. The first-order valence-corrected chi connectivity index (χ1v) is 15.4. The van der Waals surface area contributed by atoms with Gasteiger partial charge in [0.2, 0.25) is 0 Å². The van der Waals surface area contributed by atoms with Gasteiger partial charge in [-0.3, -0.25) is 14.8 Å². The molecule has 8 heteroatoms. The summed E-state index contributed by atoms with van der Waals surface area (Å²) >= 11 is 0. The number of aromatic nitrogens is 2. The van der Waals surface area contributed by atoms with Crippen LogP contribution in [0.3, 0.4) is 0 Å². The van der Waals surface area contributed by atoms with Crippen LogP contribution >= 0.6 is 0 Å². The van der Waals surface area contributed by atoms with E-state index in [1.807, 2.05) is 18.7 Å². The van der Waals surface area contributed by atoms with Gasteiger partial charge in [0.1, 0.15) is 5.60 Å². The predicted molar refractivity (Wildman–Crippen MR) is 148 cm³/mol. The lowest BCUT2D eigenvalue weighted by molar-refractivity contribution is -0.127. The van der Waals surface area contributed by atoms with Crippen LogP contribution in [0.5, 0.6) is 0 Å². The molecule has 4 heterocycles. The van der Waals surface area contributed by atoms with Crippen LogP contribution in [0, 0.1) is 25.7 Å². The summed E-state index contributed by atoms with van der Waals surface area (Å²) in [5.74, 6) is 1.19. The smallest absolute Gasteiger partial charge is 0.410 e. The number of rotatable bonds is 7. The van der Waals surface area contributed by atoms with Crippen molar-refractivity contribution >= 4 is 12.0 Å². The highest BCUT2D eigenvalue weighted by atomic mass is 16.6. The highest BCUT2D eigenvalue weighted by molar-refractivity contribution is 5.96. The Kier molecular flexibility index (Phi) is 8.65. The maximum Gasteiger partial charge on any atom is 0.410 e. The van der Waals surface area contributed by atoms with Crippen LogP contribution in [-0.2, 0) is 4.74 Å². The van der Waals surface area contributed by atoms with Gasteiger partial charge < -0.3 is 14.5 Å². The summed E-state index contributed by atoms with van der Waals surface area (Å²) in [5.41, 5.74) is 2.08. The molecule has 3 aliphatic heterocycles. The summed E-state index contributed by atoms with van der Waals surface area (Å²) in [6.45, 7) is 11.4. The SMILES string of the molecule is CCCCC1CN(CC2CCCCC2)C(=O)OC12CCN(C1CCN(C(=O)c3c(C)n[nH]c3C)CC1)CC2. The van der Waals surface area contributed by atoms with Crippen LogP contribution in [0.4, 0.5) is 4.79 Å². The lowest BCUT2D eigenvalue weighted by Gasteiger charge is -2.52. The van der Waals surface area contributed by atoms with E-state index in [0.717, 1.165) is 88.3 Å². The van der Waals surface area contributed by atoms with Crippen molar-refractivity contribution in [3.63, 3.8) is 0 Å². The number of carbonyl (C=O) groups excluding carboxylic acids is 2. The van der Waals surface area contributed by atoms with Gasteiger partial charge in [0.15, 0.2) is 0 Å². The maximum atomic E-state index is 13.2. The fourth-order valence-corrected chi connectivity index (χ4v) is 7.70. The van der Waals surface area contributed by atoms with Crippen molar-refractivity contribution in [2.24, 2.45) is 11.8 Å². The number of carbonyl (C=O) groups is 2. The summed E-state index contributed by atoms with van der Waals surface area (Å²) in [6.07, 6.45) is 13.8. The molecule has 1 atom stereocenters. The summed E-state index contributed by atoms with van der Waals surface area (Å²) in [6, 6.07) is 0.499. The minimum absolute atomic E-state index is 0.0616. The zero-order valence-electron chi connectivity index (χ0n) is 24.0. The van der Waals surface area contributed by atoms with Gasteiger partial charge in [0, 0.05) is 69.8 Å². The second kappa shape index (κ2) is 12.0. The summed E-state index contributed by atoms with van der Waals surface area (Å²) in [7, 11) is 0. The molecule has 0 bridgehead atoms. The zero-order valence-corrected chi connectivity index (χ0v) is 24.0. The van der Waals surface area contributed by atoms with Crippen molar-refractivity contribution in [3.8, 4) is 0 Å². The van der Waals surface area contributed by atoms with E-state index in [0.29, 0.717) is 17.9 Å². The summed E-state index contributed by atoms with van der Waals surface area (Å²) in [4.78, 5) is 33.0. The van der Waals surface area contributed by atoms with Crippen molar-refractivity contribution < 1.29 is 14.3 Å². The van der Waals surface area contributed by atoms with E-state index in [9.17, 15) is 9.59 Å². The highest BCUT2D eigenvalue weighted by Crippen LogP contribution is 2.42. The van der Waals surface area contributed by atoms with Crippen molar-refractivity contribution in [2.75, 3.05) is 39.3 Å². The molecule has 4 fully saturated rings. The van der Waals surface area contributed by atoms with Crippen molar-refractivity contribution in [2.45, 2.75) is 109 Å². The van der Waals surface area contributed by atoms with Gasteiger partial charge in [0.05, 0.1) is 11.3 Å². The number of aromatic amines is 1. The monoisotopic (exact) mass is 527 g/mol. The van der Waals surface area contributed by atoms with Crippen molar-refractivity contribution in [1.29, 1.82) is 0 Å². The van der Waals surface area contributed by atoms with Crippen molar-refractivity contribution in [3.05, 3.63) is 17.0 Å². The molecule has 3 saturated heterocycles. The Hall–Kier alpha value is -2.09. The summed E-state index contributed by atoms with van der Waals surface area (Å²) < 4.78 is 6.43. The van der Waals surface area contributed by atoms with Gasteiger partial charge >= 0.3 is 6.09 Å². The molecule has 1 spiro atoms. The lowest BCUT2D eigenvalue weighted by atomic mass is 9.75. The van der Waals surface area contributed by atoms with Gasteiger partial charge in [0.25, 0.3) is 5.91 Å². The van der Waals surface area contributed by atoms with E-state index in [1.54, 1.807) is 0 Å². The number of likely N-dealkylation sites (tertiary alicyclic amines) is 2. The quantitative estimate of drug-likeness (QED) is 0.520. The molecular formula is C30H49N5O3. The maximum absolute atomic E-state index is 13.2. The van der Waals surface area contributed by atoms with Crippen LogP contribution in [0.25, 0.3) is 0 Å². The molecule has 0 aromatic carbocycles. The zero-order chi connectivity index (χ0) is 26.7. The fraction of sp³-hybridized carbons (Fsp3) is 0.833. The Morgan fingerprint density at radius 2 is 1.76 bits per heavy atom. The molecule has 1 saturated carbocycles. The van der Waals surface area contributed by atoms with Gasteiger partial charge in [-0.15, -0.1) is 0 Å². The minimum Gasteiger partial charge on any atom is -0.442 e. The molecule has 8 nitrogen and oxygen atoms in total. The van der Waals surface area contributed by atoms with Crippen molar-refractivity contribution in [1.82, 2.24) is 24.9 Å². The van der Waals surface area contributed by atoms with E-state index >= 15 is 0 Å². The van der Waals surface area contributed by atoms with Gasteiger partial charge in [-0.05, 0) is 51.9 Å². The number of nitrogens with zero attached hydrogens (tertiary/aromatic N) is 4. The number of H-pyrrole nitrogens is 1. The van der Waals surface area contributed by atoms with Gasteiger partial charge in [-0.1, -0.05) is 39.0 Å². The third-order valence-electron chi connectivity index (χ3n) is 10.1. The van der Waals surface area contributed by atoms with E-state index in [1.165, 1.54) is 44.9 Å². The predicted octanol–water partition coefficient (Wildman–Crippen LogP) is 5.30. The molecule has 0 radical (unpaired) electrons. The van der Waals surface area contributed by atoms with E-state index in [-0.39, 0.29) is 17.6 Å².